The second-order valence-electron chi connectivity index (χ2n) is 6.89. The summed E-state index contributed by atoms with van der Waals surface area (Å²) in [6.45, 7) is 3.51. The Hall–Kier alpha value is -3.13. The molecule has 8 heteroatoms. The summed E-state index contributed by atoms with van der Waals surface area (Å²) < 4.78 is 12.2. The van der Waals surface area contributed by atoms with Crippen LogP contribution in [0.25, 0.3) is 11.0 Å². The molecule has 1 aliphatic heterocycles. The molecular weight excluding hydrogens is 370 g/mol. The Kier molecular flexibility index (Phi) is 5.90. The van der Waals surface area contributed by atoms with Crippen molar-refractivity contribution in [1.29, 1.82) is 0 Å². The average molecular weight is 395 g/mol. The van der Waals surface area contributed by atoms with E-state index in [4.69, 9.17) is 9.47 Å². The number of morpholine rings is 1. The van der Waals surface area contributed by atoms with Crippen LogP contribution in [0.1, 0.15) is 12.0 Å². The van der Waals surface area contributed by atoms with Crippen LogP contribution in [0, 0.1) is 0 Å². The first-order valence-electron chi connectivity index (χ1n) is 9.83. The predicted molar refractivity (Wildman–Crippen MR) is 111 cm³/mol. The van der Waals surface area contributed by atoms with Crippen molar-refractivity contribution >= 4 is 22.9 Å². The highest BCUT2D eigenvalue weighted by Crippen LogP contribution is 2.24. The van der Waals surface area contributed by atoms with E-state index >= 15 is 0 Å². The highest BCUT2D eigenvalue weighted by atomic mass is 16.5. The Labute approximate surface area is 169 Å². The molecule has 4 rings (SSSR count). The summed E-state index contributed by atoms with van der Waals surface area (Å²) in [6.07, 6.45) is 3.44. The lowest BCUT2D eigenvalue weighted by Crippen LogP contribution is -2.36. The molecular formula is C21H25N5O3. The third kappa shape index (κ3) is 4.32. The molecule has 1 aromatic carbocycles. The SMILES string of the molecule is COc1nc2cc(N3CCOCC3)ncc2n1C(=O)NCCCc1ccccc1. The summed E-state index contributed by atoms with van der Waals surface area (Å²) in [5.74, 6) is 0.830. The third-order valence-electron chi connectivity index (χ3n) is 4.98. The van der Waals surface area contributed by atoms with Crippen molar-refractivity contribution < 1.29 is 14.3 Å². The number of imidazole rings is 1. The molecule has 1 fully saturated rings. The van der Waals surface area contributed by atoms with E-state index < -0.39 is 0 Å². The lowest BCUT2D eigenvalue weighted by Gasteiger charge is -2.27. The minimum atomic E-state index is -0.265. The predicted octanol–water partition coefficient (Wildman–Crippen LogP) is 2.47. The molecule has 3 heterocycles. The number of nitrogens with zero attached hydrogens (tertiary/aromatic N) is 4. The zero-order chi connectivity index (χ0) is 20.1. The van der Waals surface area contributed by atoms with Crippen molar-refractivity contribution in [2.75, 3.05) is 44.9 Å². The summed E-state index contributed by atoms with van der Waals surface area (Å²) in [4.78, 5) is 23.9. The molecule has 0 unspecified atom stereocenters. The van der Waals surface area contributed by atoms with E-state index in [0.717, 1.165) is 31.7 Å². The number of carbonyl (C=O) groups is 1. The maximum Gasteiger partial charge on any atom is 0.330 e. The molecule has 0 spiro atoms. The van der Waals surface area contributed by atoms with Crippen LogP contribution < -0.4 is 15.0 Å². The van der Waals surface area contributed by atoms with E-state index in [9.17, 15) is 4.79 Å². The first-order valence-corrected chi connectivity index (χ1v) is 9.83. The van der Waals surface area contributed by atoms with Crippen LogP contribution in [0.2, 0.25) is 0 Å². The van der Waals surface area contributed by atoms with Crippen molar-refractivity contribution in [3.05, 3.63) is 48.2 Å². The number of benzene rings is 1. The molecule has 0 bridgehead atoms. The average Bonchev–Trinajstić information content (AvgIpc) is 3.16. The summed E-state index contributed by atoms with van der Waals surface area (Å²) in [5.41, 5.74) is 2.56. The molecule has 3 aromatic rings. The Morgan fingerprint density at radius 1 is 1.24 bits per heavy atom. The standard InChI is InChI=1S/C21H25N5O3/c1-28-21-24-17-14-19(25-10-12-29-13-11-25)23-15-18(17)26(21)20(27)22-9-5-8-16-6-3-2-4-7-16/h2-4,6-7,14-15H,5,8-13H2,1H3,(H,22,27). The van der Waals surface area contributed by atoms with Gasteiger partial charge in [0, 0.05) is 25.7 Å². The zero-order valence-corrected chi connectivity index (χ0v) is 16.5. The number of hydrogen-bond acceptors (Lipinski definition) is 6. The van der Waals surface area contributed by atoms with E-state index in [1.165, 1.54) is 17.2 Å². The number of aromatic nitrogens is 3. The number of methoxy groups -OCH3 is 1. The molecule has 1 amide bonds. The van der Waals surface area contributed by atoms with Gasteiger partial charge in [-0.15, -0.1) is 0 Å². The molecule has 0 saturated carbocycles. The van der Waals surface area contributed by atoms with Crippen LogP contribution in [-0.4, -0.2) is 60.5 Å². The highest BCUT2D eigenvalue weighted by Gasteiger charge is 2.20. The zero-order valence-electron chi connectivity index (χ0n) is 16.5. The number of pyridine rings is 1. The van der Waals surface area contributed by atoms with Crippen LogP contribution in [0.3, 0.4) is 0 Å². The quantitative estimate of drug-likeness (QED) is 0.646. The van der Waals surface area contributed by atoms with E-state index in [0.29, 0.717) is 30.8 Å². The largest absolute Gasteiger partial charge is 0.468 e. The van der Waals surface area contributed by atoms with E-state index in [1.54, 1.807) is 6.20 Å². The van der Waals surface area contributed by atoms with Crippen molar-refractivity contribution in [3.63, 3.8) is 0 Å². The van der Waals surface area contributed by atoms with Gasteiger partial charge in [0.1, 0.15) is 5.82 Å². The molecule has 1 saturated heterocycles. The molecule has 152 valence electrons. The van der Waals surface area contributed by atoms with Gasteiger partial charge in [0.2, 0.25) is 0 Å². The number of fused-ring (bicyclic) bond motifs is 1. The van der Waals surface area contributed by atoms with Crippen LogP contribution >= 0.6 is 0 Å². The summed E-state index contributed by atoms with van der Waals surface area (Å²) >= 11 is 0. The third-order valence-corrected chi connectivity index (χ3v) is 4.98. The van der Waals surface area contributed by atoms with Gasteiger partial charge in [0.05, 0.1) is 37.6 Å². The second-order valence-corrected chi connectivity index (χ2v) is 6.89. The molecule has 0 aliphatic carbocycles. The lowest BCUT2D eigenvalue weighted by atomic mass is 10.1. The van der Waals surface area contributed by atoms with Crippen molar-refractivity contribution in [3.8, 4) is 6.01 Å². The fourth-order valence-electron chi connectivity index (χ4n) is 3.45. The van der Waals surface area contributed by atoms with Crippen LogP contribution in [-0.2, 0) is 11.2 Å². The maximum absolute atomic E-state index is 12.8. The summed E-state index contributed by atoms with van der Waals surface area (Å²) in [7, 11) is 1.51. The minimum absolute atomic E-state index is 0.251. The van der Waals surface area contributed by atoms with Crippen molar-refractivity contribution in [1.82, 2.24) is 19.9 Å². The topological polar surface area (TPSA) is 81.5 Å². The molecule has 1 N–H and O–H groups in total. The van der Waals surface area contributed by atoms with Crippen LogP contribution in [0.15, 0.2) is 42.6 Å². The van der Waals surface area contributed by atoms with E-state index in [1.807, 2.05) is 24.3 Å². The van der Waals surface area contributed by atoms with Gasteiger partial charge in [-0.25, -0.2) is 14.3 Å². The molecule has 1 aliphatic rings. The molecule has 29 heavy (non-hydrogen) atoms. The maximum atomic E-state index is 12.8. The highest BCUT2D eigenvalue weighted by molar-refractivity contribution is 5.91. The Morgan fingerprint density at radius 3 is 2.79 bits per heavy atom. The Morgan fingerprint density at radius 2 is 2.03 bits per heavy atom. The van der Waals surface area contributed by atoms with E-state index in [2.05, 4.69) is 32.3 Å². The molecule has 0 atom stereocenters. The fourth-order valence-corrected chi connectivity index (χ4v) is 3.45. The Balaban J connectivity index is 1.46. The van der Waals surface area contributed by atoms with Gasteiger partial charge < -0.3 is 19.7 Å². The normalized spacial score (nSPS) is 14.2. The summed E-state index contributed by atoms with van der Waals surface area (Å²) in [5, 5.41) is 2.95. The number of amides is 1. The number of hydrogen-bond donors (Lipinski definition) is 1. The van der Waals surface area contributed by atoms with Gasteiger partial charge in [-0.1, -0.05) is 30.3 Å². The number of aryl methyl sites for hydroxylation is 1. The molecule has 2 aromatic heterocycles. The molecule has 8 nitrogen and oxygen atoms in total. The summed E-state index contributed by atoms with van der Waals surface area (Å²) in [6, 6.07) is 12.1. The number of anilines is 1. The van der Waals surface area contributed by atoms with E-state index in [-0.39, 0.29) is 12.0 Å². The number of rotatable bonds is 6. The fraction of sp³-hybridized carbons (Fsp3) is 0.381. The number of carbonyl (C=O) groups excluding carboxylic acids is 1. The van der Waals surface area contributed by atoms with Crippen molar-refractivity contribution in [2.24, 2.45) is 0 Å². The van der Waals surface area contributed by atoms with Gasteiger partial charge in [-0.05, 0) is 18.4 Å². The monoisotopic (exact) mass is 395 g/mol. The van der Waals surface area contributed by atoms with Gasteiger partial charge in [0.25, 0.3) is 0 Å². The van der Waals surface area contributed by atoms with Crippen LogP contribution in [0.4, 0.5) is 10.6 Å². The lowest BCUT2D eigenvalue weighted by molar-refractivity contribution is 0.122. The minimum Gasteiger partial charge on any atom is -0.468 e. The first-order chi connectivity index (χ1) is 14.3. The Bertz CT molecular complexity index is 967. The first kappa shape index (κ1) is 19.2. The van der Waals surface area contributed by atoms with Gasteiger partial charge in [-0.3, -0.25) is 0 Å². The van der Waals surface area contributed by atoms with Crippen LogP contribution in [0.5, 0.6) is 6.01 Å². The number of nitrogens with one attached hydrogen (secondary N) is 1. The number of ether oxygens (including phenoxy) is 2. The second kappa shape index (κ2) is 8.91. The van der Waals surface area contributed by atoms with Gasteiger partial charge in [-0.2, -0.15) is 4.98 Å². The van der Waals surface area contributed by atoms with Gasteiger partial charge >= 0.3 is 12.0 Å². The van der Waals surface area contributed by atoms with Crippen molar-refractivity contribution in [2.45, 2.75) is 12.8 Å². The van der Waals surface area contributed by atoms with Gasteiger partial charge in [0.15, 0.2) is 0 Å². The molecule has 0 radical (unpaired) electrons. The smallest absolute Gasteiger partial charge is 0.330 e.